The van der Waals surface area contributed by atoms with E-state index in [9.17, 15) is 19.1 Å². The lowest BCUT2D eigenvalue weighted by Crippen LogP contribution is -2.58. The Labute approximate surface area is 206 Å². The smallest absolute Gasteiger partial charge is 0.339 e. The van der Waals surface area contributed by atoms with Gasteiger partial charge in [-0.1, -0.05) is 36.4 Å². The second kappa shape index (κ2) is 10.1. The third-order valence-electron chi connectivity index (χ3n) is 6.25. The highest BCUT2D eigenvalue weighted by molar-refractivity contribution is 9.10. The molecule has 178 valence electrons. The van der Waals surface area contributed by atoms with E-state index in [0.717, 1.165) is 16.3 Å². The van der Waals surface area contributed by atoms with Crippen molar-refractivity contribution in [1.29, 1.82) is 0 Å². The fourth-order valence-electron chi connectivity index (χ4n) is 4.39. The van der Waals surface area contributed by atoms with Crippen LogP contribution in [-0.4, -0.2) is 58.6 Å². The molecule has 0 spiro atoms. The number of hydrogen-bond acceptors (Lipinski definition) is 4. The number of hydrogen-bond donors (Lipinski definition) is 1. The minimum absolute atomic E-state index is 0.00362. The van der Waals surface area contributed by atoms with Gasteiger partial charge in [0.2, 0.25) is 0 Å². The highest BCUT2D eigenvalue weighted by Gasteiger charge is 2.32. The van der Waals surface area contributed by atoms with Gasteiger partial charge in [0.25, 0.3) is 5.91 Å². The molecule has 2 atom stereocenters. The van der Waals surface area contributed by atoms with Crippen LogP contribution in [0.3, 0.4) is 0 Å². The zero-order chi connectivity index (χ0) is 24.4. The van der Waals surface area contributed by atoms with Crippen LogP contribution in [0.2, 0.25) is 0 Å². The average Bonchev–Trinajstić information content (AvgIpc) is 2.81. The molecule has 0 radical (unpaired) electrons. The van der Waals surface area contributed by atoms with Crippen molar-refractivity contribution in [1.82, 2.24) is 9.80 Å². The molecule has 6 nitrogen and oxygen atoms in total. The van der Waals surface area contributed by atoms with E-state index in [1.54, 1.807) is 23.1 Å². The summed E-state index contributed by atoms with van der Waals surface area (Å²) >= 11 is 3.47. The number of halogens is 2. The minimum atomic E-state index is -1.12. The summed E-state index contributed by atoms with van der Waals surface area (Å²) < 4.78 is 19.5. The van der Waals surface area contributed by atoms with Crippen molar-refractivity contribution in [3.8, 4) is 5.75 Å². The fourth-order valence-corrected chi connectivity index (χ4v) is 5.08. The maximum atomic E-state index is 13.2. The first kappa shape index (κ1) is 24.2. The largest absolute Gasteiger partial charge is 0.482 e. The van der Waals surface area contributed by atoms with Gasteiger partial charge in [-0.25, -0.2) is 9.18 Å². The summed E-state index contributed by atoms with van der Waals surface area (Å²) in [6, 6.07) is 15.5. The van der Waals surface area contributed by atoms with Gasteiger partial charge in [0.15, 0.2) is 6.61 Å². The summed E-state index contributed by atoms with van der Waals surface area (Å²) in [5.41, 5.74) is 1.02. The standard InChI is InChI=1S/C26H26BrFN2O4/c1-16-13-30(17(2)12-29(16)14-18-7-9-20(28)10-8-18)23(31)15-34-25-22(26(32)33)11-19-5-3-4-6-21(19)24(25)27/h3-11,16-17H,12-15H2,1-2H3,(H,32,33)/t16-,17+/m1/s1. The number of ether oxygens (including phenoxy) is 1. The molecule has 1 fully saturated rings. The Kier molecular flexibility index (Phi) is 7.19. The third kappa shape index (κ3) is 5.08. The number of carboxylic acid groups (broad SMARTS) is 1. The van der Waals surface area contributed by atoms with Crippen LogP contribution in [0.4, 0.5) is 4.39 Å². The summed E-state index contributed by atoms with van der Waals surface area (Å²) in [7, 11) is 0. The van der Waals surface area contributed by atoms with E-state index in [1.807, 2.05) is 31.2 Å². The van der Waals surface area contributed by atoms with Crippen molar-refractivity contribution in [3.05, 3.63) is 76.0 Å². The van der Waals surface area contributed by atoms with Gasteiger partial charge in [-0.3, -0.25) is 9.69 Å². The molecule has 1 aliphatic heterocycles. The summed E-state index contributed by atoms with van der Waals surface area (Å²) in [4.78, 5) is 29.0. The number of carbonyl (C=O) groups is 2. The van der Waals surface area contributed by atoms with Crippen molar-refractivity contribution in [2.45, 2.75) is 32.5 Å². The second-order valence-corrected chi connectivity index (χ2v) is 9.48. The molecular formula is C26H26BrFN2O4. The van der Waals surface area contributed by atoms with Gasteiger partial charge in [0.1, 0.15) is 17.1 Å². The lowest BCUT2D eigenvalue weighted by Gasteiger charge is -2.44. The average molecular weight is 529 g/mol. The lowest BCUT2D eigenvalue weighted by molar-refractivity contribution is -0.139. The summed E-state index contributed by atoms with van der Waals surface area (Å²) in [5, 5.41) is 11.3. The first-order chi connectivity index (χ1) is 16.2. The number of amides is 1. The van der Waals surface area contributed by atoms with Crippen LogP contribution in [0.5, 0.6) is 5.75 Å². The van der Waals surface area contributed by atoms with E-state index < -0.39 is 5.97 Å². The van der Waals surface area contributed by atoms with Crippen molar-refractivity contribution in [3.63, 3.8) is 0 Å². The monoisotopic (exact) mass is 528 g/mol. The molecule has 34 heavy (non-hydrogen) atoms. The molecule has 0 bridgehead atoms. The molecule has 3 aromatic carbocycles. The van der Waals surface area contributed by atoms with E-state index in [1.165, 1.54) is 12.1 Å². The van der Waals surface area contributed by atoms with Crippen molar-refractivity contribution >= 4 is 38.6 Å². The number of nitrogens with zero attached hydrogens (tertiary/aromatic N) is 2. The van der Waals surface area contributed by atoms with E-state index in [0.29, 0.717) is 24.1 Å². The summed E-state index contributed by atoms with van der Waals surface area (Å²) in [5.74, 6) is -1.43. The Morgan fingerprint density at radius 2 is 1.79 bits per heavy atom. The predicted octanol–water partition coefficient (Wildman–Crippen LogP) is 4.94. The fraction of sp³-hybridized carbons (Fsp3) is 0.308. The molecular weight excluding hydrogens is 503 g/mol. The SMILES string of the molecule is C[C@@H]1CN(C(=O)COc2c(C(=O)O)cc3ccccc3c2Br)[C@@H](C)CN1Cc1ccc(F)cc1. The highest BCUT2D eigenvalue weighted by Crippen LogP contribution is 2.37. The topological polar surface area (TPSA) is 70.1 Å². The number of benzene rings is 3. The molecule has 1 saturated heterocycles. The van der Waals surface area contributed by atoms with Crippen LogP contribution < -0.4 is 4.74 Å². The van der Waals surface area contributed by atoms with Gasteiger partial charge < -0.3 is 14.7 Å². The molecule has 0 aromatic heterocycles. The van der Waals surface area contributed by atoms with Gasteiger partial charge in [0, 0.05) is 31.7 Å². The molecule has 1 N–H and O–H groups in total. The Morgan fingerprint density at radius 3 is 2.50 bits per heavy atom. The van der Waals surface area contributed by atoms with Gasteiger partial charge in [-0.2, -0.15) is 0 Å². The van der Waals surface area contributed by atoms with Gasteiger partial charge in [-0.05, 0) is 64.3 Å². The third-order valence-corrected chi connectivity index (χ3v) is 7.03. The van der Waals surface area contributed by atoms with Crippen LogP contribution in [0.15, 0.2) is 59.1 Å². The van der Waals surface area contributed by atoms with Crippen LogP contribution >= 0.6 is 15.9 Å². The maximum Gasteiger partial charge on any atom is 0.339 e. The molecule has 1 aliphatic rings. The number of rotatable bonds is 6. The van der Waals surface area contributed by atoms with Gasteiger partial charge in [0.05, 0.1) is 4.47 Å². The molecule has 1 amide bonds. The highest BCUT2D eigenvalue weighted by atomic mass is 79.9. The van der Waals surface area contributed by atoms with Gasteiger partial charge in [-0.15, -0.1) is 0 Å². The van der Waals surface area contributed by atoms with Crippen LogP contribution in [-0.2, 0) is 11.3 Å². The maximum absolute atomic E-state index is 13.2. The Balaban J connectivity index is 1.45. The Bertz CT molecular complexity index is 1220. The Hall–Kier alpha value is -2.97. The van der Waals surface area contributed by atoms with E-state index in [4.69, 9.17) is 4.74 Å². The zero-order valence-corrected chi connectivity index (χ0v) is 20.6. The molecule has 3 aromatic rings. The number of aromatic carboxylic acids is 1. The first-order valence-electron chi connectivity index (χ1n) is 11.1. The number of fused-ring (bicyclic) bond motifs is 1. The van der Waals surface area contributed by atoms with E-state index in [2.05, 4.69) is 27.8 Å². The first-order valence-corrected chi connectivity index (χ1v) is 11.9. The Morgan fingerprint density at radius 1 is 1.09 bits per heavy atom. The number of carboxylic acids is 1. The predicted molar refractivity (Wildman–Crippen MR) is 132 cm³/mol. The molecule has 1 heterocycles. The van der Waals surface area contributed by atoms with E-state index >= 15 is 0 Å². The minimum Gasteiger partial charge on any atom is -0.482 e. The molecule has 0 unspecified atom stereocenters. The van der Waals surface area contributed by atoms with Crippen molar-refractivity contribution in [2.75, 3.05) is 19.7 Å². The number of piperazine rings is 1. The van der Waals surface area contributed by atoms with Crippen LogP contribution in [0.25, 0.3) is 10.8 Å². The van der Waals surface area contributed by atoms with E-state index in [-0.39, 0.29) is 41.7 Å². The molecule has 8 heteroatoms. The van der Waals surface area contributed by atoms with Gasteiger partial charge >= 0.3 is 5.97 Å². The zero-order valence-electron chi connectivity index (χ0n) is 19.0. The molecule has 0 aliphatic carbocycles. The van der Waals surface area contributed by atoms with Crippen molar-refractivity contribution < 1.29 is 23.8 Å². The summed E-state index contributed by atoms with van der Waals surface area (Å²) in [6.07, 6.45) is 0. The molecule has 4 rings (SSSR count). The van der Waals surface area contributed by atoms with Crippen LogP contribution in [0, 0.1) is 5.82 Å². The van der Waals surface area contributed by atoms with Crippen molar-refractivity contribution in [2.24, 2.45) is 0 Å². The molecule has 0 saturated carbocycles. The van der Waals surface area contributed by atoms with Crippen LogP contribution in [0.1, 0.15) is 29.8 Å². The lowest BCUT2D eigenvalue weighted by atomic mass is 10.1. The normalized spacial score (nSPS) is 18.8. The quantitative estimate of drug-likeness (QED) is 0.490. The number of carbonyl (C=O) groups excluding carboxylic acids is 1. The second-order valence-electron chi connectivity index (χ2n) is 8.68. The summed E-state index contributed by atoms with van der Waals surface area (Å²) in [6.45, 7) is 5.65.